The van der Waals surface area contributed by atoms with E-state index in [0.717, 1.165) is 22.6 Å². The van der Waals surface area contributed by atoms with E-state index in [0.29, 0.717) is 10.6 Å². The molecule has 4 rings (SSSR count). The van der Waals surface area contributed by atoms with Crippen molar-refractivity contribution < 1.29 is 23.1 Å². The molecule has 1 aromatic heterocycles. The molecule has 1 aliphatic heterocycles. The fraction of sp³-hybridized carbons (Fsp3) is 0.0909. The quantitative estimate of drug-likeness (QED) is 0.593. The number of benzene rings is 2. The molecule has 0 aliphatic carbocycles. The van der Waals surface area contributed by atoms with Crippen LogP contribution in [0.4, 0.5) is 14.5 Å². The Labute approximate surface area is 175 Å². The van der Waals surface area contributed by atoms with Gasteiger partial charge in [0.05, 0.1) is 19.2 Å². The summed E-state index contributed by atoms with van der Waals surface area (Å²) in [6.45, 7) is 0.0689. The molecule has 8 heteroatoms. The third-order valence-corrected chi connectivity index (χ3v) is 5.51. The van der Waals surface area contributed by atoms with Crippen LogP contribution in [-0.2, 0) is 16.1 Å². The van der Waals surface area contributed by atoms with E-state index in [1.165, 1.54) is 17.4 Å². The van der Waals surface area contributed by atoms with Crippen molar-refractivity contribution in [2.75, 3.05) is 12.4 Å². The molecule has 2 aromatic carbocycles. The van der Waals surface area contributed by atoms with Gasteiger partial charge in [0.2, 0.25) is 0 Å². The molecule has 30 heavy (non-hydrogen) atoms. The maximum absolute atomic E-state index is 13.6. The molecule has 0 radical (unpaired) electrons. The Morgan fingerprint density at radius 3 is 2.40 bits per heavy atom. The SMILES string of the molecule is COc1ccc(CN2C(=O)C(Nc3ccc(F)c(F)c3)=C(c3cccs3)C2=O)cc1. The topological polar surface area (TPSA) is 58.6 Å². The van der Waals surface area contributed by atoms with Crippen LogP contribution in [0.2, 0.25) is 0 Å². The van der Waals surface area contributed by atoms with Crippen LogP contribution >= 0.6 is 11.3 Å². The average Bonchev–Trinajstić information content (AvgIpc) is 3.34. The smallest absolute Gasteiger partial charge is 0.278 e. The zero-order valence-electron chi connectivity index (χ0n) is 15.8. The minimum atomic E-state index is -1.05. The van der Waals surface area contributed by atoms with Gasteiger partial charge in [0.1, 0.15) is 11.4 Å². The largest absolute Gasteiger partial charge is 0.497 e. The van der Waals surface area contributed by atoms with Gasteiger partial charge in [-0.15, -0.1) is 11.3 Å². The molecule has 0 spiro atoms. The average molecular weight is 426 g/mol. The summed E-state index contributed by atoms with van der Waals surface area (Å²) in [5.74, 6) is -2.38. The number of hydrogen-bond acceptors (Lipinski definition) is 5. The van der Waals surface area contributed by atoms with Gasteiger partial charge in [0, 0.05) is 16.6 Å². The predicted molar refractivity (Wildman–Crippen MR) is 110 cm³/mol. The predicted octanol–water partition coefficient (Wildman–Crippen LogP) is 4.43. The van der Waals surface area contributed by atoms with E-state index < -0.39 is 23.4 Å². The first-order valence-corrected chi connectivity index (χ1v) is 9.85. The Morgan fingerprint density at radius 2 is 1.77 bits per heavy atom. The molecule has 0 unspecified atom stereocenters. The fourth-order valence-electron chi connectivity index (χ4n) is 3.12. The van der Waals surface area contributed by atoms with E-state index in [2.05, 4.69) is 5.32 Å². The van der Waals surface area contributed by atoms with Gasteiger partial charge in [0.25, 0.3) is 11.8 Å². The van der Waals surface area contributed by atoms with Crippen LogP contribution in [-0.4, -0.2) is 23.8 Å². The second-order valence-corrected chi connectivity index (χ2v) is 7.47. The Kier molecular flexibility index (Phi) is 5.33. The molecule has 152 valence electrons. The number of nitrogens with zero attached hydrogens (tertiary/aromatic N) is 1. The summed E-state index contributed by atoms with van der Waals surface area (Å²) in [5, 5.41) is 4.60. The summed E-state index contributed by atoms with van der Waals surface area (Å²) < 4.78 is 32.0. The van der Waals surface area contributed by atoms with Crippen molar-refractivity contribution in [3.05, 3.63) is 87.7 Å². The van der Waals surface area contributed by atoms with Crippen LogP contribution in [0, 0.1) is 11.6 Å². The fourth-order valence-corrected chi connectivity index (χ4v) is 3.88. The Bertz CT molecular complexity index is 1140. The lowest BCUT2D eigenvalue weighted by Crippen LogP contribution is -2.31. The van der Waals surface area contributed by atoms with Gasteiger partial charge < -0.3 is 10.1 Å². The molecule has 3 aromatic rings. The second kappa shape index (κ2) is 8.08. The number of carbonyl (C=O) groups excluding carboxylic acids is 2. The second-order valence-electron chi connectivity index (χ2n) is 6.53. The lowest BCUT2D eigenvalue weighted by atomic mass is 10.1. The van der Waals surface area contributed by atoms with Crippen LogP contribution in [0.15, 0.2) is 65.7 Å². The van der Waals surface area contributed by atoms with E-state index in [4.69, 9.17) is 4.74 Å². The summed E-state index contributed by atoms with van der Waals surface area (Å²) in [5.41, 5.74) is 1.15. The highest BCUT2D eigenvalue weighted by molar-refractivity contribution is 7.11. The van der Waals surface area contributed by atoms with E-state index in [9.17, 15) is 18.4 Å². The molecular weight excluding hydrogens is 410 g/mol. The number of carbonyl (C=O) groups is 2. The molecule has 0 saturated heterocycles. The molecule has 2 heterocycles. The van der Waals surface area contributed by atoms with Gasteiger partial charge in [-0.2, -0.15) is 0 Å². The molecular formula is C22H16F2N2O3S. The monoisotopic (exact) mass is 426 g/mol. The molecule has 0 atom stereocenters. The number of anilines is 1. The van der Waals surface area contributed by atoms with Crippen LogP contribution in [0.25, 0.3) is 5.57 Å². The number of hydrogen-bond donors (Lipinski definition) is 1. The minimum Gasteiger partial charge on any atom is -0.497 e. The maximum Gasteiger partial charge on any atom is 0.278 e. The normalized spacial score (nSPS) is 13.9. The number of methoxy groups -OCH3 is 1. The first-order valence-electron chi connectivity index (χ1n) is 8.97. The summed E-state index contributed by atoms with van der Waals surface area (Å²) >= 11 is 1.31. The number of thiophene rings is 1. The Hall–Kier alpha value is -3.52. The molecule has 0 saturated carbocycles. The lowest BCUT2D eigenvalue weighted by molar-refractivity contribution is -0.137. The summed E-state index contributed by atoms with van der Waals surface area (Å²) in [4.78, 5) is 28.0. The molecule has 0 bridgehead atoms. The van der Waals surface area contributed by atoms with Gasteiger partial charge in [-0.3, -0.25) is 14.5 Å². The molecule has 1 N–H and O–H groups in total. The molecule has 5 nitrogen and oxygen atoms in total. The van der Waals surface area contributed by atoms with Gasteiger partial charge in [0.15, 0.2) is 11.6 Å². The van der Waals surface area contributed by atoms with Crippen molar-refractivity contribution in [3.8, 4) is 5.75 Å². The molecule has 2 amide bonds. The van der Waals surface area contributed by atoms with Gasteiger partial charge in [-0.1, -0.05) is 18.2 Å². The van der Waals surface area contributed by atoms with E-state index in [1.807, 2.05) is 0 Å². The highest BCUT2D eigenvalue weighted by Crippen LogP contribution is 2.34. The van der Waals surface area contributed by atoms with Crippen molar-refractivity contribution in [2.45, 2.75) is 6.54 Å². The van der Waals surface area contributed by atoms with E-state index >= 15 is 0 Å². The lowest BCUT2D eigenvalue weighted by Gasteiger charge is -2.15. The van der Waals surface area contributed by atoms with Gasteiger partial charge >= 0.3 is 0 Å². The third-order valence-electron chi connectivity index (χ3n) is 4.62. The van der Waals surface area contributed by atoms with Crippen LogP contribution in [0.1, 0.15) is 10.4 Å². The summed E-state index contributed by atoms with van der Waals surface area (Å²) in [6, 6.07) is 13.7. The maximum atomic E-state index is 13.6. The third kappa shape index (κ3) is 3.69. The Balaban J connectivity index is 1.68. The van der Waals surface area contributed by atoms with E-state index in [1.54, 1.807) is 48.9 Å². The highest BCUT2D eigenvalue weighted by atomic mass is 32.1. The number of rotatable bonds is 6. The van der Waals surface area contributed by atoms with Crippen molar-refractivity contribution >= 4 is 34.4 Å². The number of imide groups is 1. The first-order chi connectivity index (χ1) is 14.5. The van der Waals surface area contributed by atoms with Gasteiger partial charge in [-0.05, 0) is 41.3 Å². The zero-order valence-corrected chi connectivity index (χ0v) is 16.6. The minimum absolute atomic E-state index is 0.0296. The number of nitrogens with one attached hydrogen (secondary N) is 1. The Morgan fingerprint density at radius 1 is 1.00 bits per heavy atom. The standard InChI is InChI=1S/C22H16F2N2O3S/c1-29-15-7-4-13(5-8-15)12-26-21(27)19(18-3-2-10-30-18)20(22(26)28)25-14-6-9-16(23)17(24)11-14/h2-11,25H,12H2,1H3. The molecule has 1 aliphatic rings. The zero-order chi connectivity index (χ0) is 21.3. The number of halogens is 2. The van der Waals surface area contributed by atoms with Crippen LogP contribution in [0.5, 0.6) is 5.75 Å². The number of ether oxygens (including phenoxy) is 1. The molecule has 0 fully saturated rings. The summed E-state index contributed by atoms with van der Waals surface area (Å²) in [6.07, 6.45) is 0. The van der Waals surface area contributed by atoms with Crippen LogP contribution in [0.3, 0.4) is 0 Å². The van der Waals surface area contributed by atoms with Crippen molar-refractivity contribution in [3.63, 3.8) is 0 Å². The number of amides is 2. The van der Waals surface area contributed by atoms with Crippen molar-refractivity contribution in [2.24, 2.45) is 0 Å². The first kappa shape index (κ1) is 19.8. The summed E-state index contributed by atoms with van der Waals surface area (Å²) in [7, 11) is 1.55. The van der Waals surface area contributed by atoms with E-state index in [-0.39, 0.29) is 23.5 Å². The van der Waals surface area contributed by atoms with Gasteiger partial charge in [-0.25, -0.2) is 8.78 Å². The van der Waals surface area contributed by atoms with Crippen molar-refractivity contribution in [1.82, 2.24) is 4.90 Å². The van der Waals surface area contributed by atoms with Crippen molar-refractivity contribution in [1.29, 1.82) is 0 Å². The highest BCUT2D eigenvalue weighted by Gasteiger charge is 2.39. The van der Waals surface area contributed by atoms with Crippen LogP contribution < -0.4 is 10.1 Å².